The molecule has 2 heterocycles. The topological polar surface area (TPSA) is 35.6 Å². The number of thioether (sulfide) groups is 1. The minimum absolute atomic E-state index is 0.324. The molecule has 0 bridgehead atoms. The average Bonchev–Trinajstić information content (AvgIpc) is 3.14. The fourth-order valence-electron chi connectivity index (χ4n) is 1.96. The zero-order chi connectivity index (χ0) is 15.5. The van der Waals surface area contributed by atoms with Crippen molar-refractivity contribution in [2.24, 2.45) is 0 Å². The smallest absolute Gasteiger partial charge is 0.295 e. The van der Waals surface area contributed by atoms with Gasteiger partial charge in [0.15, 0.2) is 5.16 Å². The number of halogens is 3. The van der Waals surface area contributed by atoms with Crippen LogP contribution in [0.1, 0.15) is 12.4 Å². The van der Waals surface area contributed by atoms with Gasteiger partial charge < -0.3 is 0 Å². The summed E-state index contributed by atoms with van der Waals surface area (Å²) in [5, 5.41) is 0.728. The van der Waals surface area contributed by atoms with Gasteiger partial charge in [-0.2, -0.15) is 8.78 Å². The predicted octanol–water partition coefficient (Wildman–Crippen LogP) is 4.52. The standard InChI is InChI=1S/C14H11BrF2N4S/c15-10-1-3-11(4-2-10)20-7-6-19-14(20)22-9-12-18-5-8-21(12)13(16)17/h1-8,13H,9H2. The van der Waals surface area contributed by atoms with E-state index >= 15 is 0 Å². The van der Waals surface area contributed by atoms with Crippen molar-refractivity contribution < 1.29 is 8.78 Å². The van der Waals surface area contributed by atoms with Gasteiger partial charge in [0.25, 0.3) is 0 Å². The molecule has 0 unspecified atom stereocenters. The maximum atomic E-state index is 12.8. The van der Waals surface area contributed by atoms with Crippen molar-refractivity contribution in [1.29, 1.82) is 0 Å². The third kappa shape index (κ3) is 3.22. The van der Waals surface area contributed by atoms with Gasteiger partial charge in [-0.3, -0.25) is 9.13 Å². The van der Waals surface area contributed by atoms with Crippen LogP contribution in [-0.2, 0) is 5.75 Å². The highest BCUT2D eigenvalue weighted by atomic mass is 79.9. The molecule has 114 valence electrons. The minimum Gasteiger partial charge on any atom is -0.295 e. The van der Waals surface area contributed by atoms with E-state index in [0.29, 0.717) is 11.6 Å². The van der Waals surface area contributed by atoms with Crippen LogP contribution in [0.5, 0.6) is 0 Å². The van der Waals surface area contributed by atoms with Crippen LogP contribution in [0.4, 0.5) is 8.78 Å². The van der Waals surface area contributed by atoms with Gasteiger partial charge >= 0.3 is 6.55 Å². The lowest BCUT2D eigenvalue weighted by molar-refractivity contribution is 0.0678. The lowest BCUT2D eigenvalue weighted by Gasteiger charge is -2.08. The molecule has 1 aromatic carbocycles. The van der Waals surface area contributed by atoms with Gasteiger partial charge in [0, 0.05) is 34.9 Å². The Labute approximate surface area is 138 Å². The van der Waals surface area contributed by atoms with Crippen LogP contribution in [-0.4, -0.2) is 19.1 Å². The van der Waals surface area contributed by atoms with Gasteiger partial charge in [0.1, 0.15) is 5.82 Å². The Hall–Kier alpha value is -1.67. The van der Waals surface area contributed by atoms with Crippen LogP contribution in [0.15, 0.2) is 58.7 Å². The van der Waals surface area contributed by atoms with Crippen molar-refractivity contribution in [3.05, 3.63) is 59.3 Å². The van der Waals surface area contributed by atoms with Crippen LogP contribution in [0.25, 0.3) is 5.69 Å². The Kier molecular flexibility index (Phi) is 4.58. The van der Waals surface area contributed by atoms with Crippen LogP contribution >= 0.6 is 27.7 Å². The van der Waals surface area contributed by atoms with Gasteiger partial charge in [0.05, 0.1) is 5.75 Å². The summed E-state index contributed by atoms with van der Waals surface area (Å²) < 4.78 is 29.4. The van der Waals surface area contributed by atoms with Gasteiger partial charge in [0.2, 0.25) is 0 Å². The Morgan fingerprint density at radius 3 is 2.55 bits per heavy atom. The number of benzene rings is 1. The normalized spacial score (nSPS) is 11.3. The van der Waals surface area contributed by atoms with E-state index in [-0.39, 0.29) is 0 Å². The summed E-state index contributed by atoms with van der Waals surface area (Å²) >= 11 is 4.76. The third-order valence-corrected chi connectivity index (χ3v) is 4.49. The predicted molar refractivity (Wildman–Crippen MR) is 84.3 cm³/mol. The first-order chi connectivity index (χ1) is 10.6. The number of aromatic nitrogens is 4. The van der Waals surface area contributed by atoms with Crippen LogP contribution in [0.2, 0.25) is 0 Å². The van der Waals surface area contributed by atoms with E-state index < -0.39 is 6.55 Å². The van der Waals surface area contributed by atoms with E-state index in [1.165, 1.54) is 24.2 Å². The quantitative estimate of drug-likeness (QED) is 0.606. The van der Waals surface area contributed by atoms with Gasteiger partial charge in [-0.15, -0.1) is 0 Å². The van der Waals surface area contributed by atoms with E-state index in [1.807, 2.05) is 35.0 Å². The fraction of sp³-hybridized carbons (Fsp3) is 0.143. The first-order valence-electron chi connectivity index (χ1n) is 6.37. The summed E-state index contributed by atoms with van der Waals surface area (Å²) in [6.45, 7) is -2.58. The first-order valence-corrected chi connectivity index (χ1v) is 8.15. The van der Waals surface area contributed by atoms with Gasteiger partial charge in [-0.25, -0.2) is 9.97 Å². The third-order valence-electron chi connectivity index (χ3n) is 3.00. The minimum atomic E-state index is -2.58. The molecule has 4 nitrogen and oxygen atoms in total. The van der Waals surface area contributed by atoms with E-state index in [9.17, 15) is 8.78 Å². The zero-order valence-electron chi connectivity index (χ0n) is 11.2. The van der Waals surface area contributed by atoms with E-state index in [4.69, 9.17) is 0 Å². The highest BCUT2D eigenvalue weighted by molar-refractivity contribution is 9.10. The molecule has 0 atom stereocenters. The summed E-state index contributed by atoms with van der Waals surface area (Å²) in [5.74, 6) is 0.649. The number of hydrogen-bond acceptors (Lipinski definition) is 3. The molecule has 2 aromatic heterocycles. The molecular weight excluding hydrogens is 374 g/mol. The highest BCUT2D eigenvalue weighted by Crippen LogP contribution is 2.25. The number of hydrogen-bond donors (Lipinski definition) is 0. The Bertz CT molecular complexity index is 754. The second-order valence-corrected chi connectivity index (χ2v) is 6.23. The lowest BCUT2D eigenvalue weighted by Crippen LogP contribution is -2.03. The molecule has 0 saturated heterocycles. The number of alkyl halides is 2. The van der Waals surface area contributed by atoms with Crippen LogP contribution in [0.3, 0.4) is 0 Å². The van der Waals surface area contributed by atoms with E-state index in [2.05, 4.69) is 25.9 Å². The van der Waals surface area contributed by atoms with E-state index in [1.54, 1.807) is 6.20 Å². The van der Waals surface area contributed by atoms with Crippen molar-refractivity contribution >= 4 is 27.7 Å². The molecule has 0 aliphatic rings. The maximum Gasteiger partial charge on any atom is 0.319 e. The molecule has 8 heteroatoms. The second-order valence-electron chi connectivity index (χ2n) is 4.37. The second kappa shape index (κ2) is 6.62. The molecule has 3 aromatic rings. The SMILES string of the molecule is FC(F)n1ccnc1CSc1nccn1-c1ccc(Br)cc1. The number of nitrogens with zero attached hydrogens (tertiary/aromatic N) is 4. The largest absolute Gasteiger partial charge is 0.319 e. The lowest BCUT2D eigenvalue weighted by atomic mass is 10.3. The number of rotatable bonds is 5. The molecule has 0 saturated carbocycles. The summed E-state index contributed by atoms with van der Waals surface area (Å²) in [6.07, 6.45) is 6.18. The van der Waals surface area contributed by atoms with Crippen LogP contribution in [0, 0.1) is 0 Å². The Morgan fingerprint density at radius 1 is 1.09 bits per heavy atom. The molecule has 0 radical (unpaired) electrons. The monoisotopic (exact) mass is 384 g/mol. The van der Waals surface area contributed by atoms with Crippen LogP contribution < -0.4 is 0 Å². The molecule has 0 N–H and O–H groups in total. The van der Waals surface area contributed by atoms with Gasteiger partial charge in [-0.05, 0) is 24.3 Å². The molecule has 0 spiro atoms. The van der Waals surface area contributed by atoms with Gasteiger partial charge in [-0.1, -0.05) is 27.7 Å². The van der Waals surface area contributed by atoms with Crippen molar-refractivity contribution in [2.75, 3.05) is 0 Å². The van der Waals surface area contributed by atoms with Crippen molar-refractivity contribution in [1.82, 2.24) is 19.1 Å². The Morgan fingerprint density at radius 2 is 1.82 bits per heavy atom. The molecule has 0 amide bonds. The van der Waals surface area contributed by atoms with Crippen molar-refractivity contribution in [2.45, 2.75) is 17.5 Å². The zero-order valence-corrected chi connectivity index (χ0v) is 13.6. The maximum absolute atomic E-state index is 12.8. The van der Waals surface area contributed by atoms with E-state index in [0.717, 1.165) is 19.9 Å². The van der Waals surface area contributed by atoms with Crippen molar-refractivity contribution in [3.63, 3.8) is 0 Å². The summed E-state index contributed by atoms with van der Waals surface area (Å²) in [6, 6.07) is 7.78. The molecule has 0 aliphatic heterocycles. The Balaban J connectivity index is 1.78. The molecule has 3 rings (SSSR count). The molecule has 0 fully saturated rings. The average molecular weight is 385 g/mol. The summed E-state index contributed by atoms with van der Waals surface area (Å²) in [5.41, 5.74) is 0.959. The molecule has 22 heavy (non-hydrogen) atoms. The molecular formula is C14H11BrF2N4S. The van der Waals surface area contributed by atoms with Crippen molar-refractivity contribution in [3.8, 4) is 5.69 Å². The first kappa shape index (κ1) is 15.2. The summed E-state index contributed by atoms with van der Waals surface area (Å²) in [7, 11) is 0. The molecule has 0 aliphatic carbocycles. The highest BCUT2D eigenvalue weighted by Gasteiger charge is 2.13. The summed E-state index contributed by atoms with van der Waals surface area (Å²) in [4.78, 5) is 8.25. The number of imidazole rings is 2. The fourth-order valence-corrected chi connectivity index (χ4v) is 3.14.